The molecule has 3 amide bonds. The minimum Gasteiger partial charge on any atom is -0.338 e. The molecule has 1 aliphatic heterocycles. The molecule has 0 spiro atoms. The van der Waals surface area contributed by atoms with E-state index in [2.05, 4.69) is 29.4 Å². The Kier molecular flexibility index (Phi) is 11.3. The molecule has 8 heteroatoms. The molecule has 1 N–H and O–H groups in total. The zero-order valence-electron chi connectivity index (χ0n) is 21.4. The van der Waals surface area contributed by atoms with Gasteiger partial charge < -0.3 is 20.0 Å². The summed E-state index contributed by atoms with van der Waals surface area (Å²) in [6.45, 7) is 5.61. The highest BCUT2D eigenvalue weighted by atomic mass is 32.2. The summed E-state index contributed by atoms with van der Waals surface area (Å²) >= 11 is 1.28. The second-order valence-corrected chi connectivity index (χ2v) is 10.5. The van der Waals surface area contributed by atoms with Crippen LogP contribution in [-0.2, 0) is 22.4 Å². The van der Waals surface area contributed by atoms with Gasteiger partial charge in [0, 0.05) is 58.4 Å². The van der Waals surface area contributed by atoms with Crippen LogP contribution in [-0.4, -0.2) is 89.9 Å². The highest BCUT2D eigenvalue weighted by Crippen LogP contribution is 2.11. The van der Waals surface area contributed by atoms with E-state index in [9.17, 15) is 14.4 Å². The predicted octanol–water partition coefficient (Wildman–Crippen LogP) is 3.30. The van der Waals surface area contributed by atoms with Gasteiger partial charge >= 0.3 is 6.03 Å². The molecule has 0 saturated carbocycles. The van der Waals surface area contributed by atoms with Crippen molar-refractivity contribution in [1.82, 2.24) is 20.0 Å². The Balaban J connectivity index is 1.70. The molecule has 1 atom stereocenters. The summed E-state index contributed by atoms with van der Waals surface area (Å²) in [6.07, 6.45) is 1.89. The number of piperazine rings is 1. The zero-order chi connectivity index (χ0) is 25.8. The number of benzene rings is 2. The Morgan fingerprint density at radius 1 is 0.917 bits per heavy atom. The molecule has 0 unspecified atom stereocenters. The number of hydrogen-bond donors (Lipinski definition) is 1. The van der Waals surface area contributed by atoms with Crippen LogP contribution in [0.25, 0.3) is 0 Å². The number of thioether (sulfide) groups is 1. The molecular weight excluding hydrogens is 472 g/mol. The smallest absolute Gasteiger partial charge is 0.318 e. The lowest BCUT2D eigenvalue weighted by Gasteiger charge is -2.35. The maximum atomic E-state index is 13.5. The van der Waals surface area contributed by atoms with Crippen molar-refractivity contribution >= 4 is 28.8 Å². The lowest BCUT2D eigenvalue weighted by Crippen LogP contribution is -2.57. The molecule has 0 radical (unpaired) electrons. The highest BCUT2D eigenvalue weighted by molar-refractivity contribution is 8.13. The van der Waals surface area contributed by atoms with Crippen molar-refractivity contribution in [2.24, 2.45) is 0 Å². The second-order valence-electron chi connectivity index (χ2n) is 9.24. The number of rotatable bonds is 11. The van der Waals surface area contributed by atoms with Gasteiger partial charge in [-0.1, -0.05) is 72.4 Å². The Morgan fingerprint density at radius 2 is 1.53 bits per heavy atom. The molecule has 1 aliphatic rings. The van der Waals surface area contributed by atoms with E-state index in [4.69, 9.17) is 0 Å². The van der Waals surface area contributed by atoms with E-state index in [0.717, 1.165) is 30.6 Å². The molecule has 1 heterocycles. The van der Waals surface area contributed by atoms with Crippen LogP contribution in [0.1, 0.15) is 24.5 Å². The van der Waals surface area contributed by atoms with E-state index >= 15 is 0 Å². The van der Waals surface area contributed by atoms with Crippen LogP contribution >= 0.6 is 11.8 Å². The standard InChI is InChI=1S/C28H38N4O3S/c1-23(33)36-21-9-15-32(16-14-24-10-5-3-6-11-24)28(35)29-26(22-25-12-7-4-8-13-25)27(34)31-19-17-30(2)18-20-31/h3-8,10-13,26H,9,14-22H2,1-2H3,(H,29,35)/t26-/m0/s1. The molecular formula is C28H38N4O3S. The van der Waals surface area contributed by atoms with Crippen LogP contribution in [0.5, 0.6) is 0 Å². The van der Waals surface area contributed by atoms with Gasteiger partial charge in [-0.3, -0.25) is 9.59 Å². The molecule has 1 fully saturated rings. The van der Waals surface area contributed by atoms with Crippen molar-refractivity contribution < 1.29 is 14.4 Å². The highest BCUT2D eigenvalue weighted by Gasteiger charge is 2.29. The first-order valence-electron chi connectivity index (χ1n) is 12.7. The second kappa shape index (κ2) is 14.7. The fourth-order valence-corrected chi connectivity index (χ4v) is 4.79. The van der Waals surface area contributed by atoms with E-state index in [0.29, 0.717) is 44.8 Å². The number of amides is 3. The Bertz CT molecular complexity index is 965. The number of carbonyl (C=O) groups is 3. The summed E-state index contributed by atoms with van der Waals surface area (Å²) < 4.78 is 0. The maximum Gasteiger partial charge on any atom is 0.318 e. The molecule has 1 saturated heterocycles. The molecule has 0 aliphatic carbocycles. The molecule has 2 aromatic rings. The summed E-state index contributed by atoms with van der Waals surface area (Å²) in [5, 5.41) is 3.15. The lowest BCUT2D eigenvalue weighted by molar-refractivity contribution is -0.134. The van der Waals surface area contributed by atoms with Crippen LogP contribution in [0.4, 0.5) is 4.79 Å². The van der Waals surface area contributed by atoms with Gasteiger partial charge in [0.2, 0.25) is 5.91 Å². The SMILES string of the molecule is CC(=O)SCCCN(CCc1ccccc1)C(=O)N[C@@H](Cc1ccccc1)C(=O)N1CCN(C)CC1. The third-order valence-corrected chi connectivity index (χ3v) is 7.27. The average Bonchev–Trinajstić information content (AvgIpc) is 2.89. The van der Waals surface area contributed by atoms with Gasteiger partial charge in [0.25, 0.3) is 0 Å². The number of hydrogen-bond acceptors (Lipinski definition) is 5. The fraction of sp³-hybridized carbons (Fsp3) is 0.464. The average molecular weight is 511 g/mol. The number of nitrogens with one attached hydrogen (secondary N) is 1. The summed E-state index contributed by atoms with van der Waals surface area (Å²) in [5.41, 5.74) is 2.17. The minimum absolute atomic E-state index is 0.0320. The van der Waals surface area contributed by atoms with Crippen LogP contribution in [0.15, 0.2) is 60.7 Å². The third-order valence-electron chi connectivity index (χ3n) is 6.37. The van der Waals surface area contributed by atoms with Gasteiger partial charge in [-0.05, 0) is 31.0 Å². The van der Waals surface area contributed by atoms with Gasteiger partial charge in [-0.2, -0.15) is 0 Å². The molecule has 0 bridgehead atoms. The third kappa shape index (κ3) is 9.32. The van der Waals surface area contributed by atoms with Gasteiger partial charge in [-0.15, -0.1) is 0 Å². The summed E-state index contributed by atoms with van der Waals surface area (Å²) in [4.78, 5) is 44.2. The molecule has 2 aromatic carbocycles. The van der Waals surface area contributed by atoms with Crippen LogP contribution in [0, 0.1) is 0 Å². The van der Waals surface area contributed by atoms with Crippen molar-refractivity contribution in [2.75, 3.05) is 52.1 Å². The van der Waals surface area contributed by atoms with Crippen molar-refractivity contribution in [3.05, 3.63) is 71.8 Å². The summed E-state index contributed by atoms with van der Waals surface area (Å²) in [6, 6.07) is 19.0. The lowest BCUT2D eigenvalue weighted by atomic mass is 10.0. The normalized spacial score (nSPS) is 14.8. The van der Waals surface area contributed by atoms with Crippen molar-refractivity contribution in [2.45, 2.75) is 32.2 Å². The zero-order valence-corrected chi connectivity index (χ0v) is 22.2. The molecule has 194 valence electrons. The number of likely N-dealkylation sites (N-methyl/N-ethyl adjacent to an activating group) is 1. The van der Waals surface area contributed by atoms with Gasteiger partial charge in [0.1, 0.15) is 6.04 Å². The quantitative estimate of drug-likeness (QED) is 0.470. The largest absolute Gasteiger partial charge is 0.338 e. The topological polar surface area (TPSA) is 73.0 Å². The monoisotopic (exact) mass is 510 g/mol. The van der Waals surface area contributed by atoms with Gasteiger partial charge in [-0.25, -0.2) is 4.79 Å². The van der Waals surface area contributed by atoms with Crippen molar-refractivity contribution in [1.29, 1.82) is 0 Å². The molecule has 7 nitrogen and oxygen atoms in total. The van der Waals surface area contributed by atoms with Crippen molar-refractivity contribution in [3.63, 3.8) is 0 Å². The van der Waals surface area contributed by atoms with E-state index in [1.165, 1.54) is 11.8 Å². The van der Waals surface area contributed by atoms with Crippen LogP contribution in [0.2, 0.25) is 0 Å². The maximum absolute atomic E-state index is 13.5. The first kappa shape index (κ1) is 27.7. The number of carbonyl (C=O) groups excluding carboxylic acids is 3. The number of urea groups is 1. The Hall–Kier alpha value is -2.84. The fourth-order valence-electron chi connectivity index (χ4n) is 4.23. The molecule has 36 heavy (non-hydrogen) atoms. The predicted molar refractivity (Wildman–Crippen MR) is 146 cm³/mol. The number of nitrogens with zero attached hydrogens (tertiary/aromatic N) is 3. The van der Waals surface area contributed by atoms with Crippen LogP contribution < -0.4 is 5.32 Å². The van der Waals surface area contributed by atoms with E-state index in [-0.39, 0.29) is 17.1 Å². The molecule has 3 rings (SSSR count). The Morgan fingerprint density at radius 3 is 2.14 bits per heavy atom. The van der Waals surface area contributed by atoms with E-state index in [1.807, 2.05) is 53.4 Å². The first-order chi connectivity index (χ1) is 17.4. The van der Waals surface area contributed by atoms with E-state index in [1.54, 1.807) is 11.8 Å². The summed E-state index contributed by atoms with van der Waals surface area (Å²) in [5.74, 6) is 0.633. The Labute approximate surface area is 219 Å². The van der Waals surface area contributed by atoms with Crippen molar-refractivity contribution in [3.8, 4) is 0 Å². The first-order valence-corrected chi connectivity index (χ1v) is 13.6. The van der Waals surface area contributed by atoms with E-state index < -0.39 is 6.04 Å². The van der Waals surface area contributed by atoms with Gasteiger partial charge in [0.05, 0.1) is 0 Å². The molecule has 0 aromatic heterocycles. The summed E-state index contributed by atoms with van der Waals surface area (Å²) in [7, 11) is 2.06. The van der Waals surface area contributed by atoms with Crippen LogP contribution in [0.3, 0.4) is 0 Å². The van der Waals surface area contributed by atoms with Gasteiger partial charge in [0.15, 0.2) is 5.12 Å². The minimum atomic E-state index is -0.630.